The van der Waals surface area contributed by atoms with Gasteiger partial charge in [0.05, 0.1) is 17.1 Å². The monoisotopic (exact) mass is 456 g/mol. The van der Waals surface area contributed by atoms with E-state index in [-0.39, 0.29) is 17.4 Å². The van der Waals surface area contributed by atoms with Gasteiger partial charge in [0, 0.05) is 23.4 Å². The molecule has 1 unspecified atom stereocenters. The number of anilines is 1. The van der Waals surface area contributed by atoms with Gasteiger partial charge in [0.2, 0.25) is 0 Å². The molecule has 0 aliphatic rings. The van der Waals surface area contributed by atoms with Crippen molar-refractivity contribution < 1.29 is 23.0 Å². The third kappa shape index (κ3) is 4.23. The summed E-state index contributed by atoms with van der Waals surface area (Å²) in [5.74, 6) is 0.131. The second kappa shape index (κ2) is 8.40. The Morgan fingerprint density at radius 2 is 1.73 bits per heavy atom. The van der Waals surface area contributed by atoms with Crippen molar-refractivity contribution in [3.63, 3.8) is 0 Å². The van der Waals surface area contributed by atoms with Crippen LogP contribution in [0.4, 0.5) is 19.0 Å². The Balaban J connectivity index is 1.75. The van der Waals surface area contributed by atoms with E-state index >= 15 is 0 Å². The molecule has 9 heteroatoms. The van der Waals surface area contributed by atoms with Gasteiger partial charge in [-0.3, -0.25) is 0 Å². The molecule has 172 valence electrons. The molecule has 0 saturated heterocycles. The average Bonchev–Trinajstić information content (AvgIpc) is 3.15. The van der Waals surface area contributed by atoms with E-state index in [2.05, 4.69) is 9.97 Å². The van der Waals surface area contributed by atoms with Crippen LogP contribution < -0.4 is 10.5 Å². The summed E-state index contributed by atoms with van der Waals surface area (Å²) in [5, 5.41) is 10.7. The first-order valence-electron chi connectivity index (χ1n) is 10.4. The van der Waals surface area contributed by atoms with Crippen molar-refractivity contribution >= 4 is 16.9 Å². The highest BCUT2D eigenvalue weighted by molar-refractivity contribution is 6.00. The summed E-state index contributed by atoms with van der Waals surface area (Å²) < 4.78 is 48.3. The summed E-state index contributed by atoms with van der Waals surface area (Å²) >= 11 is 0. The first kappa shape index (κ1) is 22.6. The van der Waals surface area contributed by atoms with Crippen LogP contribution in [0.15, 0.2) is 55.0 Å². The molecule has 4 rings (SSSR count). The minimum atomic E-state index is -4.63. The smallest absolute Gasteiger partial charge is 0.419 e. The Morgan fingerprint density at radius 1 is 1.03 bits per heavy atom. The largest absolute Gasteiger partial charge is 0.456 e. The minimum Gasteiger partial charge on any atom is -0.456 e. The zero-order chi connectivity index (χ0) is 23.9. The van der Waals surface area contributed by atoms with Gasteiger partial charge in [0.1, 0.15) is 29.3 Å². The molecular weight excluding hydrogens is 433 g/mol. The van der Waals surface area contributed by atoms with Crippen molar-refractivity contribution in [2.24, 2.45) is 0 Å². The Bertz CT molecular complexity index is 1300. The minimum absolute atomic E-state index is 0.0545. The molecule has 0 aliphatic carbocycles. The van der Waals surface area contributed by atoms with E-state index in [1.54, 1.807) is 24.3 Å². The number of nitrogens with zero attached hydrogens (tertiary/aromatic N) is 3. The Labute approximate surface area is 188 Å². The second-order valence-corrected chi connectivity index (χ2v) is 8.03. The molecule has 0 saturated carbocycles. The fourth-order valence-corrected chi connectivity index (χ4v) is 3.76. The molecule has 1 atom stereocenters. The van der Waals surface area contributed by atoms with Gasteiger partial charge in [0.15, 0.2) is 0 Å². The molecule has 0 aliphatic heterocycles. The predicted octanol–water partition coefficient (Wildman–Crippen LogP) is 6.13. The number of alkyl halides is 3. The number of nitrogen functional groups attached to an aromatic ring is 1. The SMILES string of the molecule is CC(O)c1cccc(C(F)(F)F)c1Oc1ccc(-c2cn(C(C)C)c3ncnc(N)c23)cc1. The van der Waals surface area contributed by atoms with Crippen LogP contribution in [0, 0.1) is 0 Å². The van der Waals surface area contributed by atoms with Gasteiger partial charge >= 0.3 is 6.18 Å². The molecule has 4 aromatic rings. The highest BCUT2D eigenvalue weighted by Crippen LogP contribution is 2.42. The normalized spacial score (nSPS) is 13.0. The maximum Gasteiger partial charge on any atom is 0.419 e. The van der Waals surface area contributed by atoms with E-state index in [1.807, 2.05) is 24.6 Å². The number of hydrogen-bond donors (Lipinski definition) is 2. The quantitative estimate of drug-likeness (QED) is 0.378. The van der Waals surface area contributed by atoms with Crippen LogP contribution in [0.1, 0.15) is 44.0 Å². The molecule has 2 aromatic heterocycles. The van der Waals surface area contributed by atoms with Crippen LogP contribution in [0.5, 0.6) is 11.5 Å². The number of benzene rings is 2. The van der Waals surface area contributed by atoms with Crippen LogP contribution >= 0.6 is 0 Å². The third-order valence-corrected chi connectivity index (χ3v) is 5.38. The fraction of sp³-hybridized carbons (Fsp3) is 0.250. The van der Waals surface area contributed by atoms with Crippen molar-refractivity contribution in [2.75, 3.05) is 5.73 Å². The molecule has 6 nitrogen and oxygen atoms in total. The topological polar surface area (TPSA) is 86.2 Å². The second-order valence-electron chi connectivity index (χ2n) is 8.03. The lowest BCUT2D eigenvalue weighted by Gasteiger charge is -2.19. The fourth-order valence-electron chi connectivity index (χ4n) is 3.76. The maximum absolute atomic E-state index is 13.5. The van der Waals surface area contributed by atoms with Gasteiger partial charge in [-0.2, -0.15) is 13.2 Å². The lowest BCUT2D eigenvalue weighted by Crippen LogP contribution is -2.09. The number of halogens is 3. The third-order valence-electron chi connectivity index (χ3n) is 5.38. The zero-order valence-electron chi connectivity index (χ0n) is 18.3. The molecule has 0 amide bonds. The Morgan fingerprint density at radius 3 is 2.33 bits per heavy atom. The van der Waals surface area contributed by atoms with Crippen LogP contribution in [0.3, 0.4) is 0 Å². The number of nitrogens with two attached hydrogens (primary N) is 1. The van der Waals surface area contributed by atoms with Gasteiger partial charge in [-0.25, -0.2) is 9.97 Å². The number of aromatic nitrogens is 3. The molecule has 2 aromatic carbocycles. The molecule has 0 radical (unpaired) electrons. The van der Waals surface area contributed by atoms with E-state index in [0.29, 0.717) is 16.9 Å². The van der Waals surface area contributed by atoms with Crippen LogP contribution in [0.25, 0.3) is 22.2 Å². The molecule has 2 heterocycles. The van der Waals surface area contributed by atoms with E-state index in [1.165, 1.54) is 25.4 Å². The molecule has 33 heavy (non-hydrogen) atoms. The number of aliphatic hydroxyl groups excluding tert-OH is 1. The number of ether oxygens (including phenoxy) is 1. The summed E-state index contributed by atoms with van der Waals surface area (Å²) in [6, 6.07) is 10.3. The van der Waals surface area contributed by atoms with Crippen molar-refractivity contribution in [3.8, 4) is 22.6 Å². The van der Waals surface area contributed by atoms with E-state index in [9.17, 15) is 18.3 Å². The highest BCUT2D eigenvalue weighted by atomic mass is 19.4. The van der Waals surface area contributed by atoms with Gasteiger partial charge in [0.25, 0.3) is 0 Å². The highest BCUT2D eigenvalue weighted by Gasteiger charge is 2.36. The summed E-state index contributed by atoms with van der Waals surface area (Å²) in [5.41, 5.74) is 7.52. The van der Waals surface area contributed by atoms with E-state index in [4.69, 9.17) is 10.5 Å². The molecular formula is C24H23F3N4O2. The number of aliphatic hydroxyl groups is 1. The number of rotatable bonds is 5. The summed E-state index contributed by atoms with van der Waals surface area (Å²) in [7, 11) is 0. The van der Waals surface area contributed by atoms with Crippen molar-refractivity contribution in [3.05, 3.63) is 66.1 Å². The summed E-state index contributed by atoms with van der Waals surface area (Å²) in [4.78, 5) is 8.46. The molecule has 0 spiro atoms. The lowest BCUT2D eigenvalue weighted by atomic mass is 10.0. The van der Waals surface area contributed by atoms with Crippen LogP contribution in [-0.4, -0.2) is 19.6 Å². The van der Waals surface area contributed by atoms with Crippen molar-refractivity contribution in [2.45, 2.75) is 39.1 Å². The summed E-state index contributed by atoms with van der Waals surface area (Å²) in [6.45, 7) is 5.44. The number of para-hydroxylation sites is 1. The molecule has 3 N–H and O–H groups in total. The van der Waals surface area contributed by atoms with E-state index < -0.39 is 23.6 Å². The zero-order valence-corrected chi connectivity index (χ0v) is 18.3. The average molecular weight is 456 g/mol. The van der Waals surface area contributed by atoms with Crippen LogP contribution in [0.2, 0.25) is 0 Å². The van der Waals surface area contributed by atoms with Crippen molar-refractivity contribution in [1.82, 2.24) is 14.5 Å². The van der Waals surface area contributed by atoms with Gasteiger partial charge in [-0.05, 0) is 44.5 Å². The van der Waals surface area contributed by atoms with E-state index in [0.717, 1.165) is 17.2 Å². The van der Waals surface area contributed by atoms with Crippen LogP contribution in [-0.2, 0) is 6.18 Å². The predicted molar refractivity (Wildman–Crippen MR) is 120 cm³/mol. The van der Waals surface area contributed by atoms with Gasteiger partial charge in [-0.15, -0.1) is 0 Å². The molecule has 0 bridgehead atoms. The number of hydrogen-bond acceptors (Lipinski definition) is 5. The van der Waals surface area contributed by atoms with Gasteiger partial charge < -0.3 is 20.1 Å². The molecule has 0 fully saturated rings. The first-order valence-corrected chi connectivity index (χ1v) is 10.4. The first-order chi connectivity index (χ1) is 15.6. The number of fused-ring (bicyclic) bond motifs is 1. The van der Waals surface area contributed by atoms with Crippen molar-refractivity contribution in [1.29, 1.82) is 0 Å². The lowest BCUT2D eigenvalue weighted by molar-refractivity contribution is -0.138. The van der Waals surface area contributed by atoms with Gasteiger partial charge in [-0.1, -0.05) is 24.3 Å². The maximum atomic E-state index is 13.5. The Kier molecular flexibility index (Phi) is 5.75. The Hall–Kier alpha value is -3.59. The summed E-state index contributed by atoms with van der Waals surface area (Å²) in [6.07, 6.45) is -2.42. The standard InChI is InChI=1S/C24H23F3N4O2/c1-13(2)31-11-18(20-22(28)29-12-30-23(20)31)15-7-9-16(10-8-15)33-21-17(14(3)32)5-4-6-19(21)24(25,26)27/h4-14,32H,1-3H3,(H2,28,29,30).